The maximum Gasteiger partial charge on any atom is 0.354 e. The van der Waals surface area contributed by atoms with Crippen LogP contribution in [0.15, 0.2) is 21.8 Å². The maximum atomic E-state index is 12.8. The van der Waals surface area contributed by atoms with E-state index in [0.717, 1.165) is 16.3 Å². The second-order valence-electron chi connectivity index (χ2n) is 5.93. The van der Waals surface area contributed by atoms with Gasteiger partial charge in [0.15, 0.2) is 16.5 Å². The molecule has 0 spiro atoms. The van der Waals surface area contributed by atoms with Crippen molar-refractivity contribution in [3.05, 3.63) is 22.3 Å². The Balaban J connectivity index is 1.81. The summed E-state index contributed by atoms with van der Waals surface area (Å²) in [5.41, 5.74) is 5.08. The minimum Gasteiger partial charge on any atom is -0.477 e. The zero-order valence-corrected chi connectivity index (χ0v) is 16.1. The van der Waals surface area contributed by atoms with Crippen LogP contribution < -0.4 is 16.4 Å². The zero-order valence-electron chi connectivity index (χ0n) is 15.3. The molecule has 1 atom stereocenters. The summed E-state index contributed by atoms with van der Waals surface area (Å²) in [5.74, 6) is -3.46. The molecule has 1 fully saturated rings. The number of oxime groups is 1. The molecule has 3 amide bonds. The molecule has 0 unspecified atom stereocenters. The molecule has 13 nitrogen and oxygen atoms in total. The number of nitrogens with one attached hydrogen (secondary N) is 2. The lowest BCUT2D eigenvalue weighted by molar-refractivity contribution is -0.143. The van der Waals surface area contributed by atoms with Crippen LogP contribution >= 0.6 is 11.3 Å². The fraction of sp³-hybridized carbons (Fsp3) is 0.333. The molecule has 0 aliphatic carbocycles. The first kappa shape index (κ1) is 20.2. The number of aromatic nitrogens is 1. The van der Waals surface area contributed by atoms with Crippen LogP contribution in [-0.2, 0) is 24.0 Å². The van der Waals surface area contributed by atoms with Crippen LogP contribution in [0, 0.1) is 0 Å². The number of carbonyl (C=O) groups is 4. The monoisotopic (exact) mass is 423 g/mol. The zero-order chi connectivity index (χ0) is 21.3. The number of carboxylic acids is 1. The van der Waals surface area contributed by atoms with Gasteiger partial charge in [-0.05, 0) is 0 Å². The molecule has 154 valence electrons. The van der Waals surface area contributed by atoms with E-state index in [4.69, 9.17) is 5.73 Å². The van der Waals surface area contributed by atoms with Gasteiger partial charge in [0.2, 0.25) is 0 Å². The van der Waals surface area contributed by atoms with Gasteiger partial charge in [-0.3, -0.25) is 14.4 Å². The highest BCUT2D eigenvalue weighted by Crippen LogP contribution is 2.29. The smallest absolute Gasteiger partial charge is 0.354 e. The van der Waals surface area contributed by atoms with Crippen LogP contribution in [0.2, 0.25) is 0 Å². The van der Waals surface area contributed by atoms with Gasteiger partial charge >= 0.3 is 5.97 Å². The Morgan fingerprint density at radius 2 is 2.17 bits per heavy atom. The molecule has 29 heavy (non-hydrogen) atoms. The number of nitrogen functional groups attached to an aromatic ring is 1. The van der Waals surface area contributed by atoms with Crippen molar-refractivity contribution in [2.24, 2.45) is 5.16 Å². The lowest BCUT2D eigenvalue weighted by Gasteiger charge is -2.19. The van der Waals surface area contributed by atoms with Crippen molar-refractivity contribution in [3.63, 3.8) is 0 Å². The molecule has 3 rings (SSSR count). The van der Waals surface area contributed by atoms with E-state index in [0.29, 0.717) is 0 Å². The number of hydrogen-bond acceptors (Lipinski definition) is 10. The summed E-state index contributed by atoms with van der Waals surface area (Å²) < 4.78 is 0. The van der Waals surface area contributed by atoms with Crippen molar-refractivity contribution in [1.82, 2.24) is 25.6 Å². The number of hydrazine groups is 1. The van der Waals surface area contributed by atoms with Crippen LogP contribution in [0.5, 0.6) is 0 Å². The number of nitrogens with two attached hydrogens (primary N) is 1. The minimum absolute atomic E-state index is 0.0265. The molecular formula is C15H17N7O6S. The average Bonchev–Trinajstić information content (AvgIpc) is 3.34. The molecule has 0 saturated carbocycles. The average molecular weight is 423 g/mol. The molecule has 2 aliphatic rings. The molecular weight excluding hydrogens is 406 g/mol. The van der Waals surface area contributed by atoms with Crippen LogP contribution in [0.4, 0.5) is 5.13 Å². The number of thiazole rings is 1. The van der Waals surface area contributed by atoms with Gasteiger partial charge < -0.3 is 26.3 Å². The summed E-state index contributed by atoms with van der Waals surface area (Å²) >= 11 is 1.10. The molecule has 5 N–H and O–H groups in total. The van der Waals surface area contributed by atoms with E-state index in [-0.39, 0.29) is 35.2 Å². The molecule has 3 heterocycles. The number of likely N-dealkylation sites (N-methyl/N-ethyl adjacent to an activating group) is 1. The third-order valence-electron chi connectivity index (χ3n) is 4.19. The fourth-order valence-electron chi connectivity index (χ4n) is 3.01. The van der Waals surface area contributed by atoms with Gasteiger partial charge in [-0.2, -0.15) is 0 Å². The Hall–Kier alpha value is -3.52. The lowest BCUT2D eigenvalue weighted by atomic mass is 10.1. The highest BCUT2D eigenvalue weighted by molar-refractivity contribution is 7.13. The summed E-state index contributed by atoms with van der Waals surface area (Å²) in [6.07, 6.45) is 0. The SMILES string of the molecule is CNC(=O)C1=C(C(=O)O)N2C(=O)[C@@H](NC(=O)/C(=N\OC)c3csc(N)n3)CN2C1. The molecule has 1 saturated heterocycles. The van der Waals surface area contributed by atoms with E-state index in [2.05, 4.69) is 25.6 Å². The number of aliphatic carboxylic acids is 1. The molecule has 0 aromatic carbocycles. The Bertz CT molecular complexity index is 955. The van der Waals surface area contributed by atoms with Gasteiger partial charge in [-0.25, -0.2) is 19.8 Å². The summed E-state index contributed by atoms with van der Waals surface area (Å²) in [6, 6.07) is -1.05. The van der Waals surface area contributed by atoms with Gasteiger partial charge in [0, 0.05) is 19.0 Å². The Labute approximate surface area is 167 Å². The van der Waals surface area contributed by atoms with E-state index in [1.807, 2.05) is 0 Å². The highest BCUT2D eigenvalue weighted by Gasteiger charge is 2.49. The van der Waals surface area contributed by atoms with Crippen molar-refractivity contribution in [1.29, 1.82) is 0 Å². The Morgan fingerprint density at radius 3 is 2.72 bits per heavy atom. The second-order valence-corrected chi connectivity index (χ2v) is 6.82. The van der Waals surface area contributed by atoms with E-state index >= 15 is 0 Å². The standard InChI is InChI=1S/C15H17N7O6S/c1-17-11(23)6-3-21-4-7(13(25)22(21)10(6)14(26)27)18-12(24)9(20-28-2)8-5-29-15(16)19-8/h5,7H,3-4H2,1-2H3,(H2,16,19)(H,17,23)(H,18,24)(H,26,27)/b20-9-/t7-/m0/s1. The van der Waals surface area contributed by atoms with Crippen molar-refractivity contribution >= 4 is 45.9 Å². The van der Waals surface area contributed by atoms with Gasteiger partial charge in [0.25, 0.3) is 17.7 Å². The normalized spacial score (nSPS) is 19.4. The molecule has 14 heteroatoms. The van der Waals surface area contributed by atoms with Crippen molar-refractivity contribution in [3.8, 4) is 0 Å². The first-order chi connectivity index (χ1) is 13.8. The van der Waals surface area contributed by atoms with Gasteiger partial charge in [0.1, 0.15) is 18.8 Å². The number of nitrogens with zero attached hydrogens (tertiary/aromatic N) is 4. The van der Waals surface area contributed by atoms with Crippen molar-refractivity contribution in [2.75, 3.05) is 33.0 Å². The van der Waals surface area contributed by atoms with Crippen LogP contribution in [0.25, 0.3) is 0 Å². The third kappa shape index (κ3) is 3.62. The first-order valence-corrected chi connectivity index (χ1v) is 9.07. The topological polar surface area (TPSA) is 180 Å². The van der Waals surface area contributed by atoms with E-state index in [1.54, 1.807) is 0 Å². The highest BCUT2D eigenvalue weighted by atomic mass is 32.1. The lowest BCUT2D eigenvalue weighted by Crippen LogP contribution is -2.46. The predicted molar refractivity (Wildman–Crippen MR) is 99.2 cm³/mol. The largest absolute Gasteiger partial charge is 0.477 e. The van der Waals surface area contributed by atoms with Crippen molar-refractivity contribution in [2.45, 2.75) is 6.04 Å². The van der Waals surface area contributed by atoms with E-state index in [9.17, 15) is 24.3 Å². The number of rotatable bonds is 6. The first-order valence-electron chi connectivity index (χ1n) is 8.19. The number of anilines is 1. The van der Waals surface area contributed by atoms with Gasteiger partial charge in [0.05, 0.1) is 12.1 Å². The summed E-state index contributed by atoms with van der Waals surface area (Å²) in [5, 5.41) is 21.9. The van der Waals surface area contributed by atoms with Gasteiger partial charge in [-0.15, -0.1) is 11.3 Å². The Morgan fingerprint density at radius 1 is 1.45 bits per heavy atom. The van der Waals surface area contributed by atoms with Crippen LogP contribution in [0.1, 0.15) is 5.69 Å². The number of carbonyl (C=O) groups excluding carboxylic acids is 3. The molecule has 2 aliphatic heterocycles. The predicted octanol–water partition coefficient (Wildman–Crippen LogP) is -2.28. The van der Waals surface area contributed by atoms with Crippen molar-refractivity contribution < 1.29 is 29.1 Å². The number of fused-ring (bicyclic) bond motifs is 1. The third-order valence-corrected chi connectivity index (χ3v) is 4.87. The Kier molecular flexibility index (Phi) is 5.47. The molecule has 0 radical (unpaired) electrons. The van der Waals surface area contributed by atoms with E-state index < -0.39 is 35.4 Å². The second kappa shape index (κ2) is 7.84. The van der Waals surface area contributed by atoms with E-state index in [1.165, 1.54) is 24.5 Å². The minimum atomic E-state index is -1.42. The van der Waals surface area contributed by atoms with Gasteiger partial charge in [-0.1, -0.05) is 5.16 Å². The quantitative estimate of drug-likeness (QED) is 0.289. The van der Waals surface area contributed by atoms with Crippen LogP contribution in [-0.4, -0.2) is 82.8 Å². The summed E-state index contributed by atoms with van der Waals surface area (Å²) in [7, 11) is 2.61. The molecule has 1 aromatic rings. The number of carboxylic acid groups (broad SMARTS) is 1. The number of hydrogen-bond donors (Lipinski definition) is 4. The summed E-state index contributed by atoms with van der Waals surface area (Å²) in [4.78, 5) is 57.6. The molecule has 1 aromatic heterocycles. The summed E-state index contributed by atoms with van der Waals surface area (Å²) in [6.45, 7) is -0.109. The maximum absolute atomic E-state index is 12.8. The van der Waals surface area contributed by atoms with Crippen LogP contribution in [0.3, 0.4) is 0 Å². The number of amides is 3. The fourth-order valence-corrected chi connectivity index (χ4v) is 3.55. The molecule has 0 bridgehead atoms.